The molecule has 2 N–H and O–H groups in total. The van der Waals surface area contributed by atoms with Crippen LogP contribution in [-0.4, -0.2) is 49.6 Å². The van der Waals surface area contributed by atoms with Crippen LogP contribution in [0.3, 0.4) is 0 Å². The van der Waals surface area contributed by atoms with Gasteiger partial charge in [-0.2, -0.15) is 0 Å². The number of carbonyl (C=O) groups excluding carboxylic acids is 2. The smallest absolute Gasteiger partial charge is 0.293 e. The maximum absolute atomic E-state index is 13.6. The molecular weight excluding hydrogens is 421 g/mol. The molecule has 12 heteroatoms. The van der Waals surface area contributed by atoms with Crippen LogP contribution in [0.25, 0.3) is 0 Å². The second-order valence-corrected chi connectivity index (χ2v) is 6.51. The second-order valence-electron chi connectivity index (χ2n) is 6.51. The van der Waals surface area contributed by atoms with Crippen molar-refractivity contribution >= 4 is 28.9 Å². The molecule has 9 nitrogen and oxygen atoms in total. The molecule has 0 bridgehead atoms. The van der Waals surface area contributed by atoms with E-state index in [4.69, 9.17) is 4.74 Å². The number of morpholine rings is 1. The maximum Gasteiger partial charge on any atom is 0.293 e. The van der Waals surface area contributed by atoms with Gasteiger partial charge in [-0.15, -0.1) is 0 Å². The lowest BCUT2D eigenvalue weighted by atomic mass is 10.1. The average molecular weight is 438 g/mol. The summed E-state index contributed by atoms with van der Waals surface area (Å²) in [7, 11) is 0. The van der Waals surface area contributed by atoms with Crippen molar-refractivity contribution in [2.75, 3.05) is 43.1 Å². The Morgan fingerprint density at radius 1 is 1.10 bits per heavy atom. The molecule has 0 aromatic heterocycles. The molecule has 2 aromatic carbocycles. The lowest BCUT2D eigenvalue weighted by Gasteiger charge is -2.28. The number of amides is 2. The number of hydrogen-bond acceptors (Lipinski definition) is 6. The van der Waals surface area contributed by atoms with E-state index < -0.39 is 46.4 Å². The molecule has 2 amide bonds. The third-order valence-electron chi connectivity index (χ3n) is 4.50. The molecule has 164 valence electrons. The van der Waals surface area contributed by atoms with Gasteiger partial charge in [0.2, 0.25) is 5.91 Å². The summed E-state index contributed by atoms with van der Waals surface area (Å²) in [4.78, 5) is 36.8. The first-order valence-electron chi connectivity index (χ1n) is 9.10. The lowest BCUT2D eigenvalue weighted by Crippen LogP contribution is -2.36. The highest BCUT2D eigenvalue weighted by atomic mass is 19.2. The molecule has 1 saturated heterocycles. The van der Waals surface area contributed by atoms with Gasteiger partial charge in [-0.3, -0.25) is 19.7 Å². The monoisotopic (exact) mass is 438 g/mol. The van der Waals surface area contributed by atoms with Gasteiger partial charge in [-0.05, 0) is 24.3 Å². The van der Waals surface area contributed by atoms with Crippen LogP contribution in [0.1, 0.15) is 10.4 Å². The van der Waals surface area contributed by atoms with E-state index >= 15 is 0 Å². The molecule has 1 heterocycles. The molecule has 0 radical (unpaired) electrons. The number of carbonyl (C=O) groups is 2. The van der Waals surface area contributed by atoms with Crippen LogP contribution in [0.2, 0.25) is 0 Å². The van der Waals surface area contributed by atoms with E-state index in [1.165, 1.54) is 12.1 Å². The van der Waals surface area contributed by atoms with Gasteiger partial charge in [-0.25, -0.2) is 13.2 Å². The molecule has 0 aliphatic carbocycles. The van der Waals surface area contributed by atoms with Crippen LogP contribution in [-0.2, 0) is 9.53 Å². The summed E-state index contributed by atoms with van der Waals surface area (Å²) >= 11 is 0. The van der Waals surface area contributed by atoms with Crippen molar-refractivity contribution in [2.45, 2.75) is 0 Å². The number of benzene rings is 2. The van der Waals surface area contributed by atoms with Crippen molar-refractivity contribution in [2.24, 2.45) is 0 Å². The number of ether oxygens (including phenoxy) is 1. The number of nitro groups is 1. The van der Waals surface area contributed by atoms with E-state index in [9.17, 15) is 32.9 Å². The van der Waals surface area contributed by atoms with E-state index in [1.54, 1.807) is 4.90 Å². The first-order chi connectivity index (χ1) is 14.8. The summed E-state index contributed by atoms with van der Waals surface area (Å²) in [5, 5.41) is 15.7. The third-order valence-corrected chi connectivity index (χ3v) is 4.50. The lowest BCUT2D eigenvalue weighted by molar-refractivity contribution is -0.384. The topological polar surface area (TPSA) is 114 Å². The Morgan fingerprint density at radius 2 is 1.81 bits per heavy atom. The molecule has 1 aliphatic heterocycles. The van der Waals surface area contributed by atoms with Crippen molar-refractivity contribution in [1.82, 2.24) is 5.32 Å². The summed E-state index contributed by atoms with van der Waals surface area (Å²) in [6.45, 7) is 1.15. The minimum atomic E-state index is -1.74. The second kappa shape index (κ2) is 9.43. The zero-order valence-electron chi connectivity index (χ0n) is 16.0. The van der Waals surface area contributed by atoms with E-state index in [1.807, 2.05) is 5.32 Å². The summed E-state index contributed by atoms with van der Waals surface area (Å²) < 4.78 is 45.0. The van der Waals surface area contributed by atoms with Crippen LogP contribution in [0.4, 0.5) is 30.2 Å². The fourth-order valence-electron chi connectivity index (χ4n) is 2.96. The Morgan fingerprint density at radius 3 is 2.48 bits per heavy atom. The highest BCUT2D eigenvalue weighted by Crippen LogP contribution is 2.30. The molecule has 0 saturated carbocycles. The van der Waals surface area contributed by atoms with Crippen LogP contribution in [0.15, 0.2) is 30.3 Å². The fourth-order valence-corrected chi connectivity index (χ4v) is 2.96. The quantitative estimate of drug-likeness (QED) is 0.406. The van der Waals surface area contributed by atoms with Gasteiger partial charge < -0.3 is 20.3 Å². The minimum absolute atomic E-state index is 0.0597. The molecule has 3 rings (SSSR count). The van der Waals surface area contributed by atoms with Crippen molar-refractivity contribution in [3.8, 4) is 0 Å². The predicted octanol–water partition coefficient (Wildman–Crippen LogP) is 2.22. The van der Waals surface area contributed by atoms with Gasteiger partial charge in [0.15, 0.2) is 17.5 Å². The van der Waals surface area contributed by atoms with Gasteiger partial charge in [0.1, 0.15) is 5.69 Å². The summed E-state index contributed by atoms with van der Waals surface area (Å²) in [5.41, 5.74) is -0.585. The van der Waals surface area contributed by atoms with Gasteiger partial charge in [0.25, 0.3) is 11.6 Å². The number of rotatable bonds is 6. The van der Waals surface area contributed by atoms with Gasteiger partial charge in [-0.1, -0.05) is 0 Å². The Hall–Kier alpha value is -3.67. The Balaban J connectivity index is 1.66. The molecule has 1 fully saturated rings. The highest BCUT2D eigenvalue weighted by Gasteiger charge is 2.23. The number of nitrogens with one attached hydrogen (secondary N) is 2. The Kier molecular flexibility index (Phi) is 6.70. The normalized spacial score (nSPS) is 13.6. The minimum Gasteiger partial charge on any atom is -0.378 e. The summed E-state index contributed by atoms with van der Waals surface area (Å²) in [5.74, 6) is -6.41. The average Bonchev–Trinajstić information content (AvgIpc) is 2.78. The summed E-state index contributed by atoms with van der Waals surface area (Å²) in [6, 6.07) is 5.38. The van der Waals surface area contributed by atoms with E-state index in [-0.39, 0.29) is 11.3 Å². The number of nitrogens with zero attached hydrogens (tertiary/aromatic N) is 2. The molecule has 0 spiro atoms. The third kappa shape index (κ3) is 5.09. The molecule has 0 unspecified atom stereocenters. The Labute approximate surface area is 173 Å². The van der Waals surface area contributed by atoms with Gasteiger partial charge >= 0.3 is 0 Å². The molecular formula is C19H17F3N4O5. The van der Waals surface area contributed by atoms with E-state index in [0.717, 1.165) is 12.1 Å². The zero-order valence-corrected chi connectivity index (χ0v) is 16.0. The van der Waals surface area contributed by atoms with Crippen molar-refractivity contribution in [1.29, 1.82) is 0 Å². The van der Waals surface area contributed by atoms with E-state index in [0.29, 0.717) is 38.1 Å². The number of halogens is 3. The number of nitro benzene ring substituents is 1. The number of anilines is 2. The summed E-state index contributed by atoms with van der Waals surface area (Å²) in [6.07, 6.45) is 0. The molecule has 1 aliphatic rings. The fraction of sp³-hybridized carbons (Fsp3) is 0.263. The zero-order chi connectivity index (χ0) is 22.5. The predicted molar refractivity (Wildman–Crippen MR) is 103 cm³/mol. The van der Waals surface area contributed by atoms with E-state index in [2.05, 4.69) is 5.32 Å². The molecule has 2 aromatic rings. The number of hydrogen-bond donors (Lipinski definition) is 2. The molecule has 31 heavy (non-hydrogen) atoms. The van der Waals surface area contributed by atoms with Crippen LogP contribution >= 0.6 is 0 Å². The SMILES string of the molecule is O=C(CNC(=O)c1ccc(N2CCOCC2)c([N+](=O)[O-])c1)Nc1ccc(F)c(F)c1F. The largest absolute Gasteiger partial charge is 0.378 e. The Bertz CT molecular complexity index is 1030. The standard InChI is InChI=1S/C19H17F3N4O5/c20-12-2-3-13(18(22)17(12)21)24-16(27)10-23-19(28)11-1-4-14(15(9-11)26(29)30)25-5-7-31-8-6-25/h1-4,9H,5-8,10H2,(H,23,28)(H,24,27). The van der Waals surface area contributed by atoms with Crippen LogP contribution in [0, 0.1) is 27.6 Å². The van der Waals surface area contributed by atoms with Crippen LogP contribution < -0.4 is 15.5 Å². The van der Waals surface area contributed by atoms with Gasteiger partial charge in [0.05, 0.1) is 30.4 Å². The highest BCUT2D eigenvalue weighted by molar-refractivity contribution is 6.00. The van der Waals surface area contributed by atoms with Crippen LogP contribution in [0.5, 0.6) is 0 Å². The first kappa shape index (κ1) is 22.0. The molecule has 0 atom stereocenters. The van der Waals surface area contributed by atoms with Crippen molar-refractivity contribution < 1.29 is 32.4 Å². The first-order valence-corrected chi connectivity index (χ1v) is 9.10. The van der Waals surface area contributed by atoms with Crippen molar-refractivity contribution in [3.05, 3.63) is 63.5 Å². The van der Waals surface area contributed by atoms with Crippen molar-refractivity contribution in [3.63, 3.8) is 0 Å². The van der Waals surface area contributed by atoms with Gasteiger partial charge in [0, 0.05) is 24.7 Å². The maximum atomic E-state index is 13.6.